The van der Waals surface area contributed by atoms with Gasteiger partial charge in [0.15, 0.2) is 5.13 Å². The van der Waals surface area contributed by atoms with Gasteiger partial charge < -0.3 is 15.8 Å². The van der Waals surface area contributed by atoms with Crippen molar-refractivity contribution in [3.05, 3.63) is 10.6 Å². The summed E-state index contributed by atoms with van der Waals surface area (Å²) >= 11 is 1.23. The zero-order valence-corrected chi connectivity index (χ0v) is 10.9. The van der Waals surface area contributed by atoms with Gasteiger partial charge >= 0.3 is 0 Å². The van der Waals surface area contributed by atoms with Gasteiger partial charge in [0.1, 0.15) is 4.88 Å². The number of nitrogens with two attached hydrogens (primary N) is 1. The van der Waals surface area contributed by atoms with Gasteiger partial charge in [0.05, 0.1) is 5.69 Å². The average molecular weight is 255 g/mol. The van der Waals surface area contributed by atoms with Gasteiger partial charge in [-0.05, 0) is 26.7 Å². The lowest BCUT2D eigenvalue weighted by Crippen LogP contribution is -2.49. The molecule has 0 saturated carbocycles. The maximum absolute atomic E-state index is 12.1. The van der Waals surface area contributed by atoms with Gasteiger partial charge in [-0.2, -0.15) is 0 Å². The second kappa shape index (κ2) is 4.62. The van der Waals surface area contributed by atoms with Gasteiger partial charge in [-0.15, -0.1) is 0 Å². The number of nitrogen functional groups attached to an aromatic ring is 1. The average Bonchev–Trinajstić information content (AvgIpc) is 2.58. The molecule has 2 rings (SSSR count). The molecule has 0 bridgehead atoms. The van der Waals surface area contributed by atoms with Crippen molar-refractivity contribution in [2.45, 2.75) is 32.2 Å². The Morgan fingerprint density at radius 2 is 2.18 bits per heavy atom. The number of rotatable bonds is 2. The molecule has 0 aromatic carbocycles. The Morgan fingerprint density at radius 3 is 2.71 bits per heavy atom. The summed E-state index contributed by atoms with van der Waals surface area (Å²) in [5, 5.41) is 3.50. The van der Waals surface area contributed by atoms with Gasteiger partial charge in [0, 0.05) is 18.8 Å². The van der Waals surface area contributed by atoms with Crippen molar-refractivity contribution >= 4 is 22.4 Å². The molecule has 3 N–H and O–H groups in total. The van der Waals surface area contributed by atoms with Crippen LogP contribution in [0.15, 0.2) is 0 Å². The number of anilines is 1. The van der Waals surface area contributed by atoms with E-state index in [0.717, 1.165) is 12.8 Å². The molecule has 1 aromatic heterocycles. The molecular weight excluding hydrogens is 238 g/mol. The molecule has 1 aromatic rings. The molecule has 1 amide bonds. The number of nitrogens with zero attached hydrogens (tertiary/aromatic N) is 1. The second-order valence-corrected chi connectivity index (χ2v) is 5.62. The summed E-state index contributed by atoms with van der Waals surface area (Å²) < 4.78 is 5.30. The Bertz CT molecular complexity index is 424. The van der Waals surface area contributed by atoms with Crippen LogP contribution in [0.2, 0.25) is 0 Å². The van der Waals surface area contributed by atoms with Crippen LogP contribution in [-0.2, 0) is 4.74 Å². The van der Waals surface area contributed by atoms with Crippen LogP contribution in [0.5, 0.6) is 0 Å². The zero-order valence-electron chi connectivity index (χ0n) is 10.1. The number of carbonyl (C=O) groups is 1. The topological polar surface area (TPSA) is 77.2 Å². The summed E-state index contributed by atoms with van der Waals surface area (Å²) in [6.45, 7) is 5.24. The van der Waals surface area contributed by atoms with Crippen molar-refractivity contribution in [1.82, 2.24) is 10.3 Å². The largest absolute Gasteiger partial charge is 0.381 e. The number of nitrogens with one attached hydrogen (secondary N) is 1. The minimum absolute atomic E-state index is 0.0823. The monoisotopic (exact) mass is 255 g/mol. The molecule has 0 aliphatic carbocycles. The number of aryl methyl sites for hydroxylation is 1. The van der Waals surface area contributed by atoms with Gasteiger partial charge in [-0.3, -0.25) is 4.79 Å². The smallest absolute Gasteiger partial charge is 0.263 e. The van der Waals surface area contributed by atoms with Crippen LogP contribution in [0.4, 0.5) is 5.13 Å². The van der Waals surface area contributed by atoms with Crippen LogP contribution in [-0.4, -0.2) is 29.6 Å². The number of ether oxygens (including phenoxy) is 1. The van der Waals surface area contributed by atoms with E-state index in [9.17, 15) is 4.79 Å². The van der Waals surface area contributed by atoms with Gasteiger partial charge in [-0.25, -0.2) is 4.98 Å². The van der Waals surface area contributed by atoms with E-state index in [-0.39, 0.29) is 11.4 Å². The summed E-state index contributed by atoms with van der Waals surface area (Å²) in [7, 11) is 0. The van der Waals surface area contributed by atoms with Crippen molar-refractivity contribution < 1.29 is 9.53 Å². The molecule has 94 valence electrons. The van der Waals surface area contributed by atoms with E-state index >= 15 is 0 Å². The zero-order chi connectivity index (χ0) is 12.5. The first-order chi connectivity index (χ1) is 8.00. The second-order valence-electron chi connectivity index (χ2n) is 4.59. The number of aromatic nitrogens is 1. The van der Waals surface area contributed by atoms with Gasteiger partial charge in [0.25, 0.3) is 5.91 Å². The molecule has 1 aliphatic heterocycles. The summed E-state index contributed by atoms with van der Waals surface area (Å²) in [4.78, 5) is 16.8. The molecule has 1 saturated heterocycles. The highest BCUT2D eigenvalue weighted by Crippen LogP contribution is 2.23. The molecule has 0 radical (unpaired) electrons. The highest BCUT2D eigenvalue weighted by atomic mass is 32.1. The number of hydrogen-bond donors (Lipinski definition) is 2. The van der Waals surface area contributed by atoms with Crippen molar-refractivity contribution in [2.24, 2.45) is 0 Å². The Labute approximate surface area is 104 Å². The Balaban J connectivity index is 2.08. The first kappa shape index (κ1) is 12.3. The molecule has 0 atom stereocenters. The Hall–Kier alpha value is -1.14. The highest BCUT2D eigenvalue weighted by Gasteiger charge is 2.30. The highest BCUT2D eigenvalue weighted by molar-refractivity contribution is 7.17. The van der Waals surface area contributed by atoms with E-state index in [2.05, 4.69) is 10.3 Å². The fraction of sp³-hybridized carbons (Fsp3) is 0.636. The summed E-state index contributed by atoms with van der Waals surface area (Å²) in [5.74, 6) is -0.0823. The third-order valence-corrected chi connectivity index (χ3v) is 4.02. The Morgan fingerprint density at radius 1 is 1.53 bits per heavy atom. The van der Waals surface area contributed by atoms with Crippen LogP contribution in [0.3, 0.4) is 0 Å². The van der Waals surface area contributed by atoms with E-state index in [1.807, 2.05) is 6.92 Å². The maximum Gasteiger partial charge on any atom is 0.263 e. The minimum Gasteiger partial charge on any atom is -0.381 e. The van der Waals surface area contributed by atoms with Crippen LogP contribution >= 0.6 is 11.3 Å². The standard InChI is InChI=1S/C11H17N3O2S/c1-7-8(17-10(12)13-7)9(15)14-11(2)3-5-16-6-4-11/h3-6H2,1-2H3,(H2,12,13)(H,14,15). The molecule has 5 nitrogen and oxygen atoms in total. The fourth-order valence-electron chi connectivity index (χ4n) is 1.91. The predicted octanol–water partition coefficient (Wildman–Crippen LogP) is 1.33. The van der Waals surface area contributed by atoms with E-state index < -0.39 is 0 Å². The summed E-state index contributed by atoms with van der Waals surface area (Å²) in [6, 6.07) is 0. The van der Waals surface area contributed by atoms with Gasteiger partial charge in [-0.1, -0.05) is 11.3 Å². The van der Waals surface area contributed by atoms with Crippen molar-refractivity contribution in [3.8, 4) is 0 Å². The molecular formula is C11H17N3O2S. The van der Waals surface area contributed by atoms with Crippen molar-refractivity contribution in [1.29, 1.82) is 0 Å². The van der Waals surface area contributed by atoms with E-state index in [1.54, 1.807) is 6.92 Å². The minimum atomic E-state index is -0.180. The van der Waals surface area contributed by atoms with Crippen molar-refractivity contribution in [3.63, 3.8) is 0 Å². The third kappa shape index (κ3) is 2.76. The molecule has 6 heteroatoms. The Kier molecular flexibility index (Phi) is 3.35. The fourth-order valence-corrected chi connectivity index (χ4v) is 2.63. The molecule has 2 heterocycles. The summed E-state index contributed by atoms with van der Waals surface area (Å²) in [5.41, 5.74) is 6.11. The lowest BCUT2D eigenvalue weighted by atomic mass is 9.92. The summed E-state index contributed by atoms with van der Waals surface area (Å²) in [6.07, 6.45) is 1.68. The first-order valence-corrected chi connectivity index (χ1v) is 6.45. The van der Waals surface area contributed by atoms with Crippen LogP contribution in [0, 0.1) is 6.92 Å². The predicted molar refractivity (Wildman–Crippen MR) is 67.2 cm³/mol. The SMILES string of the molecule is Cc1nc(N)sc1C(=O)NC1(C)CCOCC1. The van der Waals surface area contributed by atoms with E-state index in [0.29, 0.717) is 28.9 Å². The quantitative estimate of drug-likeness (QED) is 0.836. The number of amides is 1. The van der Waals surface area contributed by atoms with Crippen LogP contribution in [0.25, 0.3) is 0 Å². The third-order valence-electron chi connectivity index (χ3n) is 3.03. The molecule has 1 fully saturated rings. The van der Waals surface area contributed by atoms with Crippen LogP contribution in [0.1, 0.15) is 35.1 Å². The van der Waals surface area contributed by atoms with E-state index in [4.69, 9.17) is 10.5 Å². The number of hydrogen-bond acceptors (Lipinski definition) is 5. The molecule has 0 spiro atoms. The van der Waals surface area contributed by atoms with E-state index in [1.165, 1.54) is 11.3 Å². The maximum atomic E-state index is 12.1. The molecule has 17 heavy (non-hydrogen) atoms. The lowest BCUT2D eigenvalue weighted by molar-refractivity contribution is 0.0424. The van der Waals surface area contributed by atoms with Gasteiger partial charge in [0.2, 0.25) is 0 Å². The van der Waals surface area contributed by atoms with Crippen LogP contribution < -0.4 is 11.1 Å². The molecule has 1 aliphatic rings. The van der Waals surface area contributed by atoms with Crippen molar-refractivity contribution in [2.75, 3.05) is 18.9 Å². The number of thiazole rings is 1. The number of carbonyl (C=O) groups excluding carboxylic acids is 1. The molecule has 0 unspecified atom stereocenters. The first-order valence-electron chi connectivity index (χ1n) is 5.63. The lowest BCUT2D eigenvalue weighted by Gasteiger charge is -2.34. The normalized spacial score (nSPS) is 18.9.